The summed E-state index contributed by atoms with van der Waals surface area (Å²) in [7, 11) is 0. The van der Waals surface area contributed by atoms with Gasteiger partial charge in [-0.2, -0.15) is 0 Å². The summed E-state index contributed by atoms with van der Waals surface area (Å²) in [5.41, 5.74) is 2.28. The Labute approximate surface area is 71.2 Å². The Bertz CT molecular complexity index is 335. The summed E-state index contributed by atoms with van der Waals surface area (Å²) in [4.78, 5) is 0. The number of hydrogen-bond donors (Lipinski definition) is 2. The highest BCUT2D eigenvalue weighted by Crippen LogP contribution is 2.54. The lowest BCUT2D eigenvalue weighted by Gasteiger charge is -2.17. The molecule has 1 aliphatic carbocycles. The number of rotatable bonds is 0. The number of nitrogens with one attached hydrogen (secondary N) is 1. The molecule has 0 saturated heterocycles. The minimum absolute atomic E-state index is 0.401. The van der Waals surface area contributed by atoms with Crippen LogP contribution in [0.25, 0.3) is 0 Å². The summed E-state index contributed by atoms with van der Waals surface area (Å²) in [6, 6.07) is 5.79. The molecule has 0 amide bonds. The molecule has 1 aromatic rings. The van der Waals surface area contributed by atoms with Crippen LogP contribution in [0, 0.1) is 5.92 Å². The molecule has 2 aliphatic rings. The van der Waals surface area contributed by atoms with Gasteiger partial charge < -0.3 is 10.4 Å². The first-order valence-electron chi connectivity index (χ1n) is 4.42. The molecule has 2 nitrogen and oxygen atoms in total. The number of benzene rings is 1. The van der Waals surface area contributed by atoms with Crippen molar-refractivity contribution in [3.05, 3.63) is 23.8 Å². The largest absolute Gasteiger partial charge is 0.506 e. The van der Waals surface area contributed by atoms with Crippen molar-refractivity contribution in [2.24, 2.45) is 5.92 Å². The molecule has 0 bridgehead atoms. The van der Waals surface area contributed by atoms with Crippen molar-refractivity contribution >= 4 is 5.69 Å². The van der Waals surface area contributed by atoms with Crippen molar-refractivity contribution in [3.63, 3.8) is 0 Å². The molecule has 0 radical (unpaired) electrons. The van der Waals surface area contributed by atoms with Crippen molar-refractivity contribution in [1.29, 1.82) is 0 Å². The molecule has 2 atom stereocenters. The van der Waals surface area contributed by atoms with E-state index < -0.39 is 0 Å². The van der Waals surface area contributed by atoms with Crippen molar-refractivity contribution in [2.75, 3.05) is 11.9 Å². The third-order valence-electron chi connectivity index (χ3n) is 2.94. The Morgan fingerprint density at radius 2 is 2.33 bits per heavy atom. The van der Waals surface area contributed by atoms with Crippen LogP contribution in [0.15, 0.2) is 18.2 Å². The fourth-order valence-corrected chi connectivity index (χ4v) is 2.15. The molecule has 12 heavy (non-hydrogen) atoms. The van der Waals surface area contributed by atoms with E-state index in [-0.39, 0.29) is 0 Å². The Balaban J connectivity index is 2.18. The second-order valence-electron chi connectivity index (χ2n) is 3.72. The highest BCUT2D eigenvalue weighted by atomic mass is 16.3. The third kappa shape index (κ3) is 0.697. The molecule has 0 spiro atoms. The molecule has 3 rings (SSSR count). The van der Waals surface area contributed by atoms with Crippen LogP contribution in [0.4, 0.5) is 5.69 Å². The molecular formula is C10H11NO. The Kier molecular flexibility index (Phi) is 1.03. The number of hydrogen-bond acceptors (Lipinski definition) is 2. The first-order chi connectivity index (χ1) is 5.86. The maximum absolute atomic E-state index is 9.53. The molecule has 1 fully saturated rings. The molecule has 62 valence electrons. The van der Waals surface area contributed by atoms with E-state index >= 15 is 0 Å². The van der Waals surface area contributed by atoms with E-state index in [1.54, 1.807) is 6.07 Å². The zero-order valence-electron chi connectivity index (χ0n) is 6.75. The lowest BCUT2D eigenvalue weighted by atomic mass is 10.0. The van der Waals surface area contributed by atoms with Crippen molar-refractivity contribution in [3.8, 4) is 5.75 Å². The fourth-order valence-electron chi connectivity index (χ4n) is 2.15. The highest BCUT2D eigenvalue weighted by Gasteiger charge is 2.42. The van der Waals surface area contributed by atoms with Crippen LogP contribution < -0.4 is 5.32 Å². The van der Waals surface area contributed by atoms with Gasteiger partial charge in [-0.05, 0) is 29.9 Å². The van der Waals surface area contributed by atoms with Gasteiger partial charge in [-0.15, -0.1) is 0 Å². The highest BCUT2D eigenvalue weighted by molar-refractivity contribution is 5.65. The predicted octanol–water partition coefficient (Wildman–Crippen LogP) is 1.92. The van der Waals surface area contributed by atoms with E-state index in [0.717, 1.165) is 24.1 Å². The van der Waals surface area contributed by atoms with Crippen molar-refractivity contribution in [1.82, 2.24) is 0 Å². The van der Waals surface area contributed by atoms with E-state index in [2.05, 4.69) is 11.4 Å². The predicted molar refractivity (Wildman–Crippen MR) is 47.4 cm³/mol. The van der Waals surface area contributed by atoms with Gasteiger partial charge in [0.25, 0.3) is 0 Å². The van der Waals surface area contributed by atoms with Gasteiger partial charge in [-0.3, -0.25) is 0 Å². The minimum atomic E-state index is 0.401. The standard InChI is InChI=1S/C10H11NO/c12-9-3-1-2-7-8-4-6(8)5-11-10(7)9/h1-3,6,8,11-12H,4-5H2. The van der Waals surface area contributed by atoms with Crippen LogP contribution in [0.3, 0.4) is 0 Å². The van der Waals surface area contributed by atoms with Gasteiger partial charge >= 0.3 is 0 Å². The number of aromatic hydroxyl groups is 1. The van der Waals surface area contributed by atoms with Gasteiger partial charge in [-0.25, -0.2) is 0 Å². The van der Waals surface area contributed by atoms with Crippen molar-refractivity contribution in [2.45, 2.75) is 12.3 Å². The zero-order valence-corrected chi connectivity index (χ0v) is 6.75. The quantitative estimate of drug-likeness (QED) is 0.570. The van der Waals surface area contributed by atoms with Crippen molar-refractivity contribution < 1.29 is 5.11 Å². The van der Waals surface area contributed by atoms with Gasteiger partial charge in [0.1, 0.15) is 5.75 Å². The summed E-state index contributed by atoms with van der Waals surface area (Å²) in [6.45, 7) is 1.04. The molecule has 1 aliphatic heterocycles. The second-order valence-corrected chi connectivity index (χ2v) is 3.72. The van der Waals surface area contributed by atoms with Crippen LogP contribution in [0.5, 0.6) is 5.75 Å². The molecule has 0 aromatic heterocycles. The van der Waals surface area contributed by atoms with E-state index in [1.165, 1.54) is 12.0 Å². The van der Waals surface area contributed by atoms with E-state index in [1.807, 2.05) is 6.07 Å². The normalized spacial score (nSPS) is 30.0. The Morgan fingerprint density at radius 3 is 3.25 bits per heavy atom. The van der Waals surface area contributed by atoms with Crippen LogP contribution in [-0.2, 0) is 0 Å². The average Bonchev–Trinajstić information content (AvgIpc) is 2.83. The molecule has 1 heterocycles. The summed E-state index contributed by atoms with van der Waals surface area (Å²) in [5, 5.41) is 12.8. The maximum Gasteiger partial charge on any atom is 0.138 e. The van der Waals surface area contributed by atoms with Gasteiger partial charge in [0.05, 0.1) is 5.69 Å². The first kappa shape index (κ1) is 6.35. The maximum atomic E-state index is 9.53. The second kappa shape index (κ2) is 1.94. The number of anilines is 1. The summed E-state index contributed by atoms with van der Waals surface area (Å²) in [5.74, 6) is 1.96. The van der Waals surface area contributed by atoms with Gasteiger partial charge in [0, 0.05) is 6.54 Å². The number of para-hydroxylation sites is 1. The number of phenolic OH excluding ortho intramolecular Hbond substituents is 1. The lowest BCUT2D eigenvalue weighted by molar-refractivity contribution is 0.475. The fraction of sp³-hybridized carbons (Fsp3) is 0.400. The monoisotopic (exact) mass is 161 g/mol. The minimum Gasteiger partial charge on any atom is -0.506 e. The Hall–Kier alpha value is -1.18. The van der Waals surface area contributed by atoms with E-state index in [9.17, 15) is 5.11 Å². The summed E-state index contributed by atoms with van der Waals surface area (Å²) < 4.78 is 0. The zero-order chi connectivity index (χ0) is 8.13. The van der Waals surface area contributed by atoms with Gasteiger partial charge in [0.2, 0.25) is 0 Å². The third-order valence-corrected chi connectivity index (χ3v) is 2.94. The van der Waals surface area contributed by atoms with Crippen LogP contribution in [0.2, 0.25) is 0 Å². The molecular weight excluding hydrogens is 150 g/mol. The lowest BCUT2D eigenvalue weighted by Crippen LogP contribution is -2.11. The molecule has 1 saturated carbocycles. The van der Waals surface area contributed by atoms with Crippen LogP contribution >= 0.6 is 0 Å². The van der Waals surface area contributed by atoms with Crippen LogP contribution in [0.1, 0.15) is 17.9 Å². The van der Waals surface area contributed by atoms with Gasteiger partial charge in [0.15, 0.2) is 0 Å². The Morgan fingerprint density at radius 1 is 1.42 bits per heavy atom. The smallest absolute Gasteiger partial charge is 0.138 e. The molecule has 2 heteroatoms. The SMILES string of the molecule is Oc1cccc2c1NCC1CC21. The molecule has 1 aromatic carbocycles. The first-order valence-corrected chi connectivity index (χ1v) is 4.42. The van der Waals surface area contributed by atoms with Crippen LogP contribution in [-0.4, -0.2) is 11.7 Å². The molecule has 2 unspecified atom stereocenters. The summed E-state index contributed by atoms with van der Waals surface area (Å²) in [6.07, 6.45) is 1.30. The number of phenols is 1. The van der Waals surface area contributed by atoms with Gasteiger partial charge in [-0.1, -0.05) is 12.1 Å². The summed E-state index contributed by atoms with van der Waals surface area (Å²) >= 11 is 0. The average molecular weight is 161 g/mol. The topological polar surface area (TPSA) is 32.3 Å². The van der Waals surface area contributed by atoms with E-state index in [4.69, 9.17) is 0 Å². The van der Waals surface area contributed by atoms with E-state index in [0.29, 0.717) is 5.75 Å². The molecule has 2 N–H and O–H groups in total. The number of fused-ring (bicyclic) bond motifs is 3.